The number of aliphatic hydroxyl groups excluding tert-OH is 1. The SMILES string of the molecule is CCNC(=O)C(C)N1C2CCC1CC(O)C2. The predicted octanol–water partition coefficient (Wildman–Crippen LogP) is 0.499. The minimum absolute atomic E-state index is 0.0510. The Bertz CT molecular complexity index is 256. The van der Waals surface area contributed by atoms with Gasteiger partial charge in [-0.1, -0.05) is 0 Å². The van der Waals surface area contributed by atoms with Crippen molar-refractivity contribution in [3.8, 4) is 0 Å². The maximum Gasteiger partial charge on any atom is 0.237 e. The molecule has 2 aliphatic rings. The average Bonchev–Trinajstić information content (AvgIpc) is 2.50. The highest BCUT2D eigenvalue weighted by atomic mass is 16.3. The lowest BCUT2D eigenvalue weighted by Crippen LogP contribution is -2.54. The van der Waals surface area contributed by atoms with E-state index in [1.165, 1.54) is 0 Å². The minimum atomic E-state index is -0.157. The van der Waals surface area contributed by atoms with E-state index in [0.29, 0.717) is 18.6 Å². The van der Waals surface area contributed by atoms with Crippen LogP contribution in [0.5, 0.6) is 0 Å². The summed E-state index contributed by atoms with van der Waals surface area (Å²) in [5.74, 6) is 0.121. The van der Waals surface area contributed by atoms with Gasteiger partial charge >= 0.3 is 0 Å². The van der Waals surface area contributed by atoms with Gasteiger partial charge < -0.3 is 10.4 Å². The lowest BCUT2D eigenvalue weighted by Gasteiger charge is -2.40. The molecule has 92 valence electrons. The van der Waals surface area contributed by atoms with Crippen molar-refractivity contribution in [2.75, 3.05) is 6.54 Å². The van der Waals surface area contributed by atoms with Crippen LogP contribution >= 0.6 is 0 Å². The summed E-state index contributed by atoms with van der Waals surface area (Å²) in [7, 11) is 0. The lowest BCUT2D eigenvalue weighted by molar-refractivity contribution is -0.128. The Balaban J connectivity index is 2.02. The Kier molecular flexibility index (Phi) is 3.50. The van der Waals surface area contributed by atoms with Gasteiger partial charge in [0.2, 0.25) is 5.91 Å². The number of amides is 1. The van der Waals surface area contributed by atoms with Gasteiger partial charge in [0.1, 0.15) is 0 Å². The van der Waals surface area contributed by atoms with Gasteiger partial charge in [0.05, 0.1) is 12.1 Å². The summed E-state index contributed by atoms with van der Waals surface area (Å²) in [6, 6.07) is 0.766. The first-order valence-corrected chi connectivity index (χ1v) is 6.36. The zero-order valence-corrected chi connectivity index (χ0v) is 10.1. The zero-order chi connectivity index (χ0) is 11.7. The molecule has 3 atom stereocenters. The number of likely N-dealkylation sites (N-methyl/N-ethyl adjacent to an activating group) is 1. The van der Waals surface area contributed by atoms with Gasteiger partial charge in [0.25, 0.3) is 0 Å². The maximum atomic E-state index is 11.8. The number of nitrogens with one attached hydrogen (secondary N) is 1. The molecule has 0 aromatic carbocycles. The van der Waals surface area contributed by atoms with Crippen LogP contribution in [0.4, 0.5) is 0 Å². The van der Waals surface area contributed by atoms with Gasteiger partial charge in [-0.3, -0.25) is 9.69 Å². The van der Waals surface area contributed by atoms with Crippen molar-refractivity contribution in [2.24, 2.45) is 0 Å². The number of fused-ring (bicyclic) bond motifs is 2. The fourth-order valence-corrected chi connectivity index (χ4v) is 3.27. The number of aliphatic hydroxyl groups is 1. The van der Waals surface area contributed by atoms with Crippen LogP contribution in [0.1, 0.15) is 39.5 Å². The lowest BCUT2D eigenvalue weighted by atomic mass is 9.98. The van der Waals surface area contributed by atoms with Gasteiger partial charge in [0.15, 0.2) is 0 Å². The number of nitrogens with zero attached hydrogens (tertiary/aromatic N) is 1. The highest BCUT2D eigenvalue weighted by Gasteiger charge is 2.43. The predicted molar refractivity (Wildman–Crippen MR) is 62.0 cm³/mol. The van der Waals surface area contributed by atoms with Gasteiger partial charge in [-0.25, -0.2) is 0 Å². The van der Waals surface area contributed by atoms with Crippen LogP contribution in [0.2, 0.25) is 0 Å². The molecule has 4 heteroatoms. The van der Waals surface area contributed by atoms with Crippen LogP contribution in [0.3, 0.4) is 0 Å². The summed E-state index contributed by atoms with van der Waals surface area (Å²) in [4.78, 5) is 14.1. The van der Waals surface area contributed by atoms with Crippen molar-refractivity contribution in [1.82, 2.24) is 10.2 Å². The first kappa shape index (κ1) is 11.9. The van der Waals surface area contributed by atoms with Crippen LogP contribution in [0.25, 0.3) is 0 Å². The largest absolute Gasteiger partial charge is 0.393 e. The average molecular weight is 226 g/mol. The van der Waals surface area contributed by atoms with E-state index in [-0.39, 0.29) is 18.1 Å². The maximum absolute atomic E-state index is 11.8. The Morgan fingerprint density at radius 2 is 2.00 bits per heavy atom. The Morgan fingerprint density at radius 1 is 1.44 bits per heavy atom. The Labute approximate surface area is 97.0 Å². The van der Waals surface area contributed by atoms with Crippen LogP contribution in [-0.4, -0.2) is 46.7 Å². The topological polar surface area (TPSA) is 52.6 Å². The molecule has 2 bridgehead atoms. The third kappa shape index (κ3) is 2.09. The van der Waals surface area contributed by atoms with Crippen molar-refractivity contribution >= 4 is 5.91 Å². The number of carbonyl (C=O) groups excluding carboxylic acids is 1. The van der Waals surface area contributed by atoms with Crippen LogP contribution in [0, 0.1) is 0 Å². The van der Waals surface area contributed by atoms with Gasteiger partial charge in [-0.05, 0) is 39.5 Å². The summed E-state index contributed by atoms with van der Waals surface area (Å²) < 4.78 is 0. The third-order valence-corrected chi connectivity index (χ3v) is 3.94. The van der Waals surface area contributed by atoms with Crippen molar-refractivity contribution in [3.05, 3.63) is 0 Å². The zero-order valence-electron chi connectivity index (χ0n) is 10.1. The van der Waals surface area contributed by atoms with E-state index >= 15 is 0 Å². The second-order valence-electron chi connectivity index (χ2n) is 5.03. The monoisotopic (exact) mass is 226 g/mol. The molecule has 0 radical (unpaired) electrons. The molecule has 2 fully saturated rings. The smallest absolute Gasteiger partial charge is 0.237 e. The number of carbonyl (C=O) groups is 1. The summed E-state index contributed by atoms with van der Waals surface area (Å²) in [5.41, 5.74) is 0. The fourth-order valence-electron chi connectivity index (χ4n) is 3.27. The Hall–Kier alpha value is -0.610. The third-order valence-electron chi connectivity index (χ3n) is 3.94. The van der Waals surface area contributed by atoms with Crippen molar-refractivity contribution in [3.63, 3.8) is 0 Å². The van der Waals surface area contributed by atoms with Gasteiger partial charge in [-0.2, -0.15) is 0 Å². The van der Waals surface area contributed by atoms with Crippen LogP contribution in [-0.2, 0) is 4.79 Å². The summed E-state index contributed by atoms with van der Waals surface area (Å²) in [6.07, 6.45) is 3.77. The number of piperidine rings is 1. The van der Waals surface area contributed by atoms with Crippen LogP contribution < -0.4 is 5.32 Å². The van der Waals surface area contributed by atoms with E-state index in [9.17, 15) is 9.90 Å². The van der Waals surface area contributed by atoms with E-state index in [0.717, 1.165) is 25.7 Å². The van der Waals surface area contributed by atoms with Crippen molar-refractivity contribution in [1.29, 1.82) is 0 Å². The summed E-state index contributed by atoms with van der Waals surface area (Å²) in [6.45, 7) is 4.61. The van der Waals surface area contributed by atoms with E-state index in [1.54, 1.807) is 0 Å². The van der Waals surface area contributed by atoms with Gasteiger partial charge in [-0.15, -0.1) is 0 Å². The quantitative estimate of drug-likeness (QED) is 0.737. The highest BCUT2D eigenvalue weighted by molar-refractivity contribution is 5.81. The molecule has 2 N–H and O–H groups in total. The molecule has 0 aliphatic carbocycles. The highest BCUT2D eigenvalue weighted by Crippen LogP contribution is 2.37. The Morgan fingerprint density at radius 3 is 2.50 bits per heavy atom. The molecule has 3 unspecified atom stereocenters. The van der Waals surface area contributed by atoms with E-state index in [1.807, 2.05) is 13.8 Å². The first-order valence-electron chi connectivity index (χ1n) is 6.36. The molecule has 0 aromatic heterocycles. The summed E-state index contributed by atoms with van der Waals surface area (Å²) >= 11 is 0. The van der Waals surface area contributed by atoms with Crippen molar-refractivity contribution < 1.29 is 9.90 Å². The van der Waals surface area contributed by atoms with E-state index in [4.69, 9.17) is 0 Å². The molecule has 2 saturated heterocycles. The van der Waals surface area contributed by atoms with Crippen LogP contribution in [0.15, 0.2) is 0 Å². The minimum Gasteiger partial charge on any atom is -0.393 e. The van der Waals surface area contributed by atoms with Gasteiger partial charge in [0, 0.05) is 18.6 Å². The molecule has 0 aromatic rings. The number of rotatable bonds is 3. The molecule has 16 heavy (non-hydrogen) atoms. The standard InChI is InChI=1S/C12H22N2O2/c1-3-13-12(16)8(2)14-9-4-5-10(14)7-11(15)6-9/h8-11,15H,3-7H2,1-2H3,(H,13,16). The van der Waals surface area contributed by atoms with E-state index < -0.39 is 0 Å². The number of hydrogen-bond donors (Lipinski definition) is 2. The van der Waals surface area contributed by atoms with E-state index in [2.05, 4.69) is 10.2 Å². The first-order chi connectivity index (χ1) is 7.63. The molecule has 2 aliphatic heterocycles. The molecule has 1 amide bonds. The second-order valence-corrected chi connectivity index (χ2v) is 5.03. The molecule has 2 heterocycles. The molecular weight excluding hydrogens is 204 g/mol. The second kappa shape index (κ2) is 4.72. The molecule has 0 spiro atoms. The van der Waals surface area contributed by atoms with Crippen molar-refractivity contribution in [2.45, 2.75) is 63.8 Å². The normalized spacial score (nSPS) is 36.1. The molecule has 4 nitrogen and oxygen atoms in total. The fraction of sp³-hybridized carbons (Fsp3) is 0.917. The number of hydrogen-bond acceptors (Lipinski definition) is 3. The molecule has 0 saturated carbocycles. The molecular formula is C12H22N2O2. The molecule has 2 rings (SSSR count). The summed E-state index contributed by atoms with van der Waals surface area (Å²) in [5, 5.41) is 12.6.